The fraction of sp³-hybridized carbons (Fsp3) is 0.0526. The average Bonchev–Trinajstić information content (AvgIpc) is 2.56. The van der Waals surface area contributed by atoms with Gasteiger partial charge < -0.3 is 5.32 Å². The summed E-state index contributed by atoms with van der Waals surface area (Å²) in [5.41, 5.74) is 3.13. The van der Waals surface area contributed by atoms with E-state index in [1.807, 2.05) is 54.6 Å². The van der Waals surface area contributed by atoms with E-state index in [0.29, 0.717) is 12.0 Å². The lowest BCUT2D eigenvalue weighted by atomic mass is 10.0. The van der Waals surface area contributed by atoms with Crippen molar-refractivity contribution in [2.24, 2.45) is 0 Å². The molecule has 0 atom stereocenters. The molecule has 108 valence electrons. The molecule has 0 aliphatic heterocycles. The maximum Gasteiger partial charge on any atom is 0.256 e. The molecular weight excluding hydrogens is 272 g/mol. The molecule has 2 aromatic carbocycles. The number of rotatable bonds is 4. The third-order valence-electron chi connectivity index (χ3n) is 3.51. The molecule has 3 rings (SSSR count). The number of aromatic nitrogens is 1. The summed E-state index contributed by atoms with van der Waals surface area (Å²) in [6.45, 7) is 3.74. The average molecular weight is 288 g/mol. The highest BCUT2D eigenvalue weighted by Crippen LogP contribution is 2.22. The number of nitrogens with one attached hydrogen (secondary N) is 1. The van der Waals surface area contributed by atoms with Crippen LogP contribution in [0.25, 0.3) is 10.9 Å². The van der Waals surface area contributed by atoms with Crippen molar-refractivity contribution >= 4 is 22.5 Å². The van der Waals surface area contributed by atoms with E-state index in [1.165, 1.54) is 0 Å². The summed E-state index contributed by atoms with van der Waals surface area (Å²) in [6.07, 6.45) is 4.19. The summed E-state index contributed by atoms with van der Waals surface area (Å²) in [5.74, 6) is -0.129. The van der Waals surface area contributed by atoms with E-state index in [-0.39, 0.29) is 5.91 Å². The summed E-state index contributed by atoms with van der Waals surface area (Å²) in [5, 5.41) is 3.96. The van der Waals surface area contributed by atoms with Gasteiger partial charge in [-0.1, -0.05) is 42.5 Å². The lowest BCUT2D eigenvalue weighted by Gasteiger charge is -2.10. The number of anilines is 1. The number of allylic oxidation sites excluding steroid dienone is 1. The van der Waals surface area contributed by atoms with Gasteiger partial charge in [0.05, 0.1) is 11.2 Å². The fourth-order valence-corrected chi connectivity index (χ4v) is 2.47. The van der Waals surface area contributed by atoms with E-state index in [0.717, 1.165) is 22.2 Å². The molecule has 1 amide bonds. The molecule has 1 aromatic heterocycles. The Morgan fingerprint density at radius 3 is 2.77 bits per heavy atom. The maximum absolute atomic E-state index is 12.6. The molecule has 0 spiro atoms. The first kappa shape index (κ1) is 14.0. The van der Waals surface area contributed by atoms with Gasteiger partial charge in [0.2, 0.25) is 0 Å². The Morgan fingerprint density at radius 1 is 1.09 bits per heavy atom. The second-order valence-electron chi connectivity index (χ2n) is 4.98. The Bertz CT molecular complexity index is 834. The summed E-state index contributed by atoms with van der Waals surface area (Å²) in [7, 11) is 0. The smallest absolute Gasteiger partial charge is 0.256 e. The van der Waals surface area contributed by atoms with Crippen LogP contribution in [0.5, 0.6) is 0 Å². The Hall–Kier alpha value is -2.94. The number of fused-ring (bicyclic) bond motifs is 1. The molecule has 0 saturated heterocycles. The van der Waals surface area contributed by atoms with Crippen LogP contribution in [0.4, 0.5) is 5.69 Å². The van der Waals surface area contributed by atoms with Gasteiger partial charge in [-0.3, -0.25) is 9.78 Å². The van der Waals surface area contributed by atoms with Crippen molar-refractivity contribution in [1.29, 1.82) is 0 Å². The van der Waals surface area contributed by atoms with Gasteiger partial charge in [-0.15, -0.1) is 6.58 Å². The largest absolute Gasteiger partial charge is 0.320 e. The zero-order valence-corrected chi connectivity index (χ0v) is 12.1. The van der Waals surface area contributed by atoms with Crippen LogP contribution in [0.15, 0.2) is 73.4 Å². The van der Waals surface area contributed by atoms with Crippen LogP contribution in [0.2, 0.25) is 0 Å². The highest BCUT2D eigenvalue weighted by Gasteiger charge is 2.12. The second kappa shape index (κ2) is 6.22. The minimum Gasteiger partial charge on any atom is -0.320 e. The molecular formula is C19H16N2O. The van der Waals surface area contributed by atoms with Gasteiger partial charge in [0.15, 0.2) is 0 Å². The highest BCUT2D eigenvalue weighted by atomic mass is 16.1. The molecule has 0 aliphatic rings. The molecule has 0 unspecified atom stereocenters. The minimum absolute atomic E-state index is 0.129. The number of hydrogen-bond acceptors (Lipinski definition) is 2. The SMILES string of the molecule is C=CCc1ccccc1C(=O)Nc1cccc2cccnc12. The molecule has 3 nitrogen and oxygen atoms in total. The Morgan fingerprint density at radius 2 is 1.91 bits per heavy atom. The minimum atomic E-state index is -0.129. The molecule has 0 aliphatic carbocycles. The van der Waals surface area contributed by atoms with Gasteiger partial charge in [0.25, 0.3) is 5.91 Å². The number of hydrogen-bond donors (Lipinski definition) is 1. The van der Waals surface area contributed by atoms with E-state index >= 15 is 0 Å². The van der Waals surface area contributed by atoms with Crippen LogP contribution in [-0.2, 0) is 6.42 Å². The molecule has 22 heavy (non-hydrogen) atoms. The summed E-state index contributed by atoms with van der Waals surface area (Å²) in [6, 6.07) is 17.2. The standard InChI is InChI=1S/C19H16N2O/c1-2-7-14-8-3-4-11-16(14)19(22)21-17-12-5-9-15-10-6-13-20-18(15)17/h2-6,8-13H,1,7H2,(H,21,22). The van der Waals surface area contributed by atoms with Crippen LogP contribution in [0.3, 0.4) is 0 Å². The summed E-state index contributed by atoms with van der Waals surface area (Å²) in [4.78, 5) is 16.9. The van der Waals surface area contributed by atoms with Gasteiger partial charge in [-0.2, -0.15) is 0 Å². The lowest BCUT2D eigenvalue weighted by molar-refractivity contribution is 0.102. The molecule has 0 radical (unpaired) electrons. The van der Waals surface area contributed by atoms with Crippen LogP contribution < -0.4 is 5.32 Å². The summed E-state index contributed by atoms with van der Waals surface area (Å²) < 4.78 is 0. The zero-order valence-electron chi connectivity index (χ0n) is 12.1. The normalized spacial score (nSPS) is 10.4. The number of para-hydroxylation sites is 1. The molecule has 1 heterocycles. The Labute approximate surface area is 129 Å². The fourth-order valence-electron chi connectivity index (χ4n) is 2.47. The van der Waals surface area contributed by atoms with Crippen molar-refractivity contribution in [1.82, 2.24) is 4.98 Å². The van der Waals surface area contributed by atoms with E-state index in [9.17, 15) is 4.79 Å². The molecule has 0 bridgehead atoms. The van der Waals surface area contributed by atoms with E-state index < -0.39 is 0 Å². The van der Waals surface area contributed by atoms with Crippen LogP contribution in [0.1, 0.15) is 15.9 Å². The van der Waals surface area contributed by atoms with Gasteiger partial charge in [-0.05, 0) is 30.2 Å². The van der Waals surface area contributed by atoms with E-state index in [4.69, 9.17) is 0 Å². The maximum atomic E-state index is 12.6. The van der Waals surface area contributed by atoms with Crippen LogP contribution >= 0.6 is 0 Å². The number of carbonyl (C=O) groups excluding carboxylic acids is 1. The van der Waals surface area contributed by atoms with E-state index in [1.54, 1.807) is 12.3 Å². The number of benzene rings is 2. The quantitative estimate of drug-likeness (QED) is 0.730. The molecule has 3 aromatic rings. The first-order valence-electron chi connectivity index (χ1n) is 7.13. The van der Waals surface area contributed by atoms with Gasteiger partial charge in [0.1, 0.15) is 0 Å². The van der Waals surface area contributed by atoms with Crippen LogP contribution in [0, 0.1) is 0 Å². The Kier molecular flexibility index (Phi) is 3.97. The third kappa shape index (κ3) is 2.74. The summed E-state index contributed by atoms with van der Waals surface area (Å²) >= 11 is 0. The number of amides is 1. The monoisotopic (exact) mass is 288 g/mol. The number of pyridine rings is 1. The van der Waals surface area contributed by atoms with Crippen molar-refractivity contribution in [2.45, 2.75) is 6.42 Å². The first-order chi connectivity index (χ1) is 10.8. The van der Waals surface area contributed by atoms with Crippen molar-refractivity contribution < 1.29 is 4.79 Å². The molecule has 0 saturated carbocycles. The van der Waals surface area contributed by atoms with Crippen molar-refractivity contribution in [3.63, 3.8) is 0 Å². The van der Waals surface area contributed by atoms with Crippen molar-refractivity contribution in [3.8, 4) is 0 Å². The second-order valence-corrected chi connectivity index (χ2v) is 4.98. The Balaban J connectivity index is 1.95. The number of carbonyl (C=O) groups is 1. The van der Waals surface area contributed by atoms with E-state index in [2.05, 4.69) is 16.9 Å². The highest BCUT2D eigenvalue weighted by molar-refractivity contribution is 6.09. The predicted molar refractivity (Wildman–Crippen MR) is 90.0 cm³/mol. The van der Waals surface area contributed by atoms with Gasteiger partial charge in [0, 0.05) is 17.1 Å². The zero-order chi connectivity index (χ0) is 15.4. The lowest BCUT2D eigenvalue weighted by Crippen LogP contribution is -2.14. The molecule has 0 fully saturated rings. The first-order valence-corrected chi connectivity index (χ1v) is 7.13. The number of nitrogens with zero attached hydrogens (tertiary/aromatic N) is 1. The predicted octanol–water partition coefficient (Wildman–Crippen LogP) is 4.22. The topological polar surface area (TPSA) is 42.0 Å². The molecule has 1 N–H and O–H groups in total. The molecule has 3 heteroatoms. The van der Waals surface area contributed by atoms with Crippen molar-refractivity contribution in [2.75, 3.05) is 5.32 Å². The van der Waals surface area contributed by atoms with Gasteiger partial charge >= 0.3 is 0 Å². The van der Waals surface area contributed by atoms with Gasteiger partial charge in [-0.25, -0.2) is 0 Å². The van der Waals surface area contributed by atoms with Crippen molar-refractivity contribution in [3.05, 3.63) is 84.6 Å². The third-order valence-corrected chi connectivity index (χ3v) is 3.51. The van der Waals surface area contributed by atoms with Crippen LogP contribution in [-0.4, -0.2) is 10.9 Å².